The van der Waals surface area contributed by atoms with Crippen LogP contribution in [0.25, 0.3) is 0 Å². The molecule has 2 heterocycles. The smallest absolute Gasteiger partial charge is 0.295 e. The van der Waals surface area contributed by atoms with Crippen LogP contribution >= 0.6 is 0 Å². The third-order valence-electron chi connectivity index (χ3n) is 1.83. The summed E-state index contributed by atoms with van der Waals surface area (Å²) in [7, 11) is 0. The summed E-state index contributed by atoms with van der Waals surface area (Å²) in [5, 5.41) is 12.8. The van der Waals surface area contributed by atoms with Gasteiger partial charge in [-0.15, -0.1) is 10.2 Å². The highest BCUT2D eigenvalue weighted by Gasteiger charge is 2.21. The maximum atomic E-state index is 11.5. The van der Waals surface area contributed by atoms with Crippen LogP contribution in [0.5, 0.6) is 0 Å². The standard InChI is InChI=1S/C6H9N5O2/c12-6(5-7-9-10-8-5)11-1-3-13-4-2-11/h1-4H2,(H,7,8,9,10). The van der Waals surface area contributed by atoms with Gasteiger partial charge in [-0.3, -0.25) is 4.79 Å². The van der Waals surface area contributed by atoms with Crippen LogP contribution in [-0.4, -0.2) is 57.7 Å². The lowest BCUT2D eigenvalue weighted by Crippen LogP contribution is -2.41. The Balaban J connectivity index is 2.04. The Hall–Kier alpha value is -1.50. The molecular formula is C6H9N5O2. The fraction of sp³-hybridized carbons (Fsp3) is 0.667. The molecule has 1 fully saturated rings. The molecule has 0 aliphatic carbocycles. The fourth-order valence-electron chi connectivity index (χ4n) is 1.16. The molecule has 1 saturated heterocycles. The Morgan fingerprint density at radius 1 is 1.46 bits per heavy atom. The minimum absolute atomic E-state index is 0.113. The number of carbonyl (C=O) groups excluding carboxylic acids is 1. The molecular weight excluding hydrogens is 174 g/mol. The van der Waals surface area contributed by atoms with E-state index < -0.39 is 0 Å². The molecule has 1 aliphatic rings. The van der Waals surface area contributed by atoms with Crippen LogP contribution < -0.4 is 0 Å². The van der Waals surface area contributed by atoms with Crippen LogP contribution in [0.15, 0.2) is 0 Å². The highest BCUT2D eigenvalue weighted by molar-refractivity contribution is 5.90. The van der Waals surface area contributed by atoms with Crippen LogP contribution in [0.4, 0.5) is 0 Å². The van der Waals surface area contributed by atoms with E-state index in [4.69, 9.17) is 4.74 Å². The molecule has 1 aromatic heterocycles. The predicted octanol–water partition coefficient (Wildman–Crippen LogP) is -1.33. The zero-order chi connectivity index (χ0) is 9.10. The molecule has 70 valence electrons. The molecule has 0 saturated carbocycles. The number of aromatic amines is 1. The van der Waals surface area contributed by atoms with E-state index in [0.717, 1.165) is 0 Å². The Morgan fingerprint density at radius 2 is 2.23 bits per heavy atom. The molecule has 0 atom stereocenters. The number of ether oxygens (including phenoxy) is 1. The minimum atomic E-state index is -0.197. The van der Waals surface area contributed by atoms with Crippen molar-refractivity contribution < 1.29 is 9.53 Å². The lowest BCUT2D eigenvalue weighted by Gasteiger charge is -2.25. The maximum Gasteiger partial charge on any atom is 0.295 e. The Labute approximate surface area is 74.1 Å². The molecule has 0 aromatic carbocycles. The summed E-state index contributed by atoms with van der Waals surface area (Å²) >= 11 is 0. The number of carbonyl (C=O) groups is 1. The zero-order valence-electron chi connectivity index (χ0n) is 6.93. The average molecular weight is 183 g/mol. The largest absolute Gasteiger partial charge is 0.378 e. The summed E-state index contributed by atoms with van der Waals surface area (Å²) in [6.45, 7) is 2.33. The number of nitrogens with one attached hydrogen (secondary N) is 1. The average Bonchev–Trinajstić information content (AvgIpc) is 2.71. The second kappa shape index (κ2) is 3.48. The fourth-order valence-corrected chi connectivity index (χ4v) is 1.16. The van der Waals surface area contributed by atoms with E-state index in [1.165, 1.54) is 0 Å². The van der Waals surface area contributed by atoms with Gasteiger partial charge in [-0.1, -0.05) is 0 Å². The van der Waals surface area contributed by atoms with Gasteiger partial charge in [0.15, 0.2) is 0 Å². The van der Waals surface area contributed by atoms with Gasteiger partial charge < -0.3 is 9.64 Å². The van der Waals surface area contributed by atoms with Gasteiger partial charge in [0.25, 0.3) is 11.7 Å². The molecule has 0 radical (unpaired) electrons. The quantitative estimate of drug-likeness (QED) is 0.583. The van der Waals surface area contributed by atoms with Gasteiger partial charge in [0.1, 0.15) is 0 Å². The van der Waals surface area contributed by atoms with Crippen LogP contribution in [0.2, 0.25) is 0 Å². The second-order valence-corrected chi connectivity index (χ2v) is 2.64. The highest BCUT2D eigenvalue weighted by Crippen LogP contribution is 2.00. The number of amides is 1. The van der Waals surface area contributed by atoms with Crippen molar-refractivity contribution in [3.05, 3.63) is 5.82 Å². The molecule has 1 aromatic rings. The lowest BCUT2D eigenvalue weighted by molar-refractivity contribution is 0.0295. The van der Waals surface area contributed by atoms with E-state index in [2.05, 4.69) is 20.6 Å². The third-order valence-corrected chi connectivity index (χ3v) is 1.83. The summed E-state index contributed by atoms with van der Waals surface area (Å²) in [4.78, 5) is 13.2. The number of nitrogens with zero attached hydrogens (tertiary/aromatic N) is 4. The Bertz CT molecular complexity index is 279. The normalized spacial score (nSPS) is 17.4. The third kappa shape index (κ3) is 1.64. The van der Waals surface area contributed by atoms with Crippen LogP contribution in [0.3, 0.4) is 0 Å². The highest BCUT2D eigenvalue weighted by atomic mass is 16.5. The summed E-state index contributed by atoms with van der Waals surface area (Å²) in [6, 6.07) is 0. The molecule has 0 spiro atoms. The van der Waals surface area contributed by atoms with E-state index >= 15 is 0 Å². The maximum absolute atomic E-state index is 11.5. The van der Waals surface area contributed by atoms with Gasteiger partial charge in [0.05, 0.1) is 13.2 Å². The van der Waals surface area contributed by atoms with Crippen molar-refractivity contribution in [3.8, 4) is 0 Å². The van der Waals surface area contributed by atoms with E-state index in [1.807, 2.05) is 0 Å². The van der Waals surface area contributed by atoms with Crippen molar-refractivity contribution in [1.29, 1.82) is 0 Å². The number of morpholine rings is 1. The van der Waals surface area contributed by atoms with Gasteiger partial charge in [0, 0.05) is 13.1 Å². The summed E-state index contributed by atoms with van der Waals surface area (Å²) in [6.07, 6.45) is 0. The Morgan fingerprint density at radius 3 is 2.85 bits per heavy atom. The van der Waals surface area contributed by atoms with Gasteiger partial charge in [-0.25, -0.2) is 0 Å². The van der Waals surface area contributed by atoms with E-state index in [1.54, 1.807) is 4.90 Å². The predicted molar refractivity (Wildman–Crippen MR) is 40.9 cm³/mol. The van der Waals surface area contributed by atoms with E-state index in [9.17, 15) is 4.79 Å². The van der Waals surface area contributed by atoms with Crippen molar-refractivity contribution >= 4 is 5.91 Å². The molecule has 1 amide bonds. The van der Waals surface area contributed by atoms with Crippen molar-refractivity contribution in [2.75, 3.05) is 26.3 Å². The van der Waals surface area contributed by atoms with Gasteiger partial charge >= 0.3 is 0 Å². The first-order valence-corrected chi connectivity index (χ1v) is 3.98. The molecule has 13 heavy (non-hydrogen) atoms. The first-order chi connectivity index (χ1) is 6.38. The van der Waals surface area contributed by atoms with Crippen molar-refractivity contribution in [3.63, 3.8) is 0 Å². The van der Waals surface area contributed by atoms with Crippen LogP contribution in [-0.2, 0) is 4.74 Å². The summed E-state index contributed by atoms with van der Waals surface area (Å²) in [5.74, 6) is -0.0843. The molecule has 1 N–H and O–H groups in total. The number of rotatable bonds is 1. The van der Waals surface area contributed by atoms with Gasteiger partial charge in [-0.2, -0.15) is 5.21 Å². The molecule has 2 rings (SSSR count). The number of hydrogen-bond donors (Lipinski definition) is 1. The number of aromatic nitrogens is 4. The molecule has 1 aliphatic heterocycles. The van der Waals surface area contributed by atoms with E-state index in [-0.39, 0.29) is 11.7 Å². The first-order valence-electron chi connectivity index (χ1n) is 3.98. The number of tetrazole rings is 1. The summed E-state index contributed by atoms with van der Waals surface area (Å²) < 4.78 is 5.11. The second-order valence-electron chi connectivity index (χ2n) is 2.64. The number of H-pyrrole nitrogens is 1. The van der Waals surface area contributed by atoms with Crippen molar-refractivity contribution in [1.82, 2.24) is 25.5 Å². The SMILES string of the molecule is O=C(c1nn[nH]n1)N1CCOCC1. The number of hydrogen-bond acceptors (Lipinski definition) is 5. The monoisotopic (exact) mass is 183 g/mol. The topological polar surface area (TPSA) is 84.0 Å². The molecule has 7 nitrogen and oxygen atoms in total. The summed E-state index contributed by atoms with van der Waals surface area (Å²) in [5.41, 5.74) is 0. The zero-order valence-corrected chi connectivity index (χ0v) is 6.93. The van der Waals surface area contributed by atoms with Crippen molar-refractivity contribution in [2.45, 2.75) is 0 Å². The van der Waals surface area contributed by atoms with Crippen LogP contribution in [0, 0.1) is 0 Å². The Kier molecular flexibility index (Phi) is 2.17. The first kappa shape index (κ1) is 8.11. The molecule has 0 bridgehead atoms. The van der Waals surface area contributed by atoms with Gasteiger partial charge in [-0.05, 0) is 5.21 Å². The molecule has 7 heteroatoms. The van der Waals surface area contributed by atoms with Crippen LogP contribution in [0.1, 0.15) is 10.6 Å². The van der Waals surface area contributed by atoms with Crippen molar-refractivity contribution in [2.24, 2.45) is 0 Å². The minimum Gasteiger partial charge on any atom is -0.378 e. The van der Waals surface area contributed by atoms with E-state index in [0.29, 0.717) is 26.3 Å². The molecule has 0 unspecified atom stereocenters. The lowest BCUT2D eigenvalue weighted by atomic mass is 10.4. The van der Waals surface area contributed by atoms with Gasteiger partial charge in [0.2, 0.25) is 0 Å².